The van der Waals surface area contributed by atoms with Gasteiger partial charge >= 0.3 is 0 Å². The molecule has 1 aliphatic heterocycles. The van der Waals surface area contributed by atoms with Gasteiger partial charge in [0, 0.05) is 6.54 Å². The molecule has 1 heterocycles. The van der Waals surface area contributed by atoms with Gasteiger partial charge in [0.25, 0.3) is 0 Å². The van der Waals surface area contributed by atoms with Gasteiger partial charge in [-0.2, -0.15) is 0 Å². The van der Waals surface area contributed by atoms with E-state index in [9.17, 15) is 0 Å². The van der Waals surface area contributed by atoms with Crippen molar-refractivity contribution in [2.45, 2.75) is 46.0 Å². The molecule has 0 aromatic carbocycles. The second kappa shape index (κ2) is 4.27. The molecule has 0 bridgehead atoms. The van der Waals surface area contributed by atoms with Crippen molar-refractivity contribution < 1.29 is 0 Å². The second-order valence-corrected chi connectivity index (χ2v) is 4.49. The fraction of sp³-hybridized carbons (Fsp3) is 1.00. The summed E-state index contributed by atoms with van der Waals surface area (Å²) >= 11 is 0. The van der Waals surface area contributed by atoms with E-state index in [0.29, 0.717) is 5.41 Å². The Hall–Kier alpha value is -0.0400. The molecule has 1 aliphatic rings. The maximum absolute atomic E-state index is 2.49. The van der Waals surface area contributed by atoms with Crippen LogP contribution in [-0.4, -0.2) is 25.0 Å². The predicted molar refractivity (Wildman–Crippen MR) is 54.4 cm³/mol. The van der Waals surface area contributed by atoms with Gasteiger partial charge in [0.15, 0.2) is 0 Å². The van der Waals surface area contributed by atoms with Gasteiger partial charge in [-0.05, 0) is 38.3 Å². The van der Waals surface area contributed by atoms with Crippen molar-refractivity contribution in [1.29, 1.82) is 0 Å². The Morgan fingerprint density at radius 1 is 1.17 bits per heavy atom. The first-order valence-electron chi connectivity index (χ1n) is 5.41. The van der Waals surface area contributed by atoms with E-state index in [2.05, 4.69) is 25.8 Å². The molecule has 72 valence electrons. The third kappa shape index (κ3) is 2.22. The molecule has 0 amide bonds. The summed E-state index contributed by atoms with van der Waals surface area (Å²) < 4.78 is 0. The molecule has 0 spiro atoms. The highest BCUT2D eigenvalue weighted by molar-refractivity contribution is 4.87. The topological polar surface area (TPSA) is 3.24 Å². The average Bonchev–Trinajstić information content (AvgIpc) is 2.34. The summed E-state index contributed by atoms with van der Waals surface area (Å²) in [6.07, 6.45) is 7.02. The second-order valence-electron chi connectivity index (χ2n) is 4.49. The van der Waals surface area contributed by atoms with Crippen LogP contribution in [0.2, 0.25) is 0 Å². The fourth-order valence-electron chi connectivity index (χ4n) is 2.75. The lowest BCUT2D eigenvalue weighted by atomic mass is 9.79. The van der Waals surface area contributed by atoms with Crippen molar-refractivity contribution in [3.05, 3.63) is 0 Å². The Kier molecular flexibility index (Phi) is 3.57. The van der Waals surface area contributed by atoms with E-state index in [1.54, 1.807) is 0 Å². The molecule has 1 heteroatoms. The largest absolute Gasteiger partial charge is 0.306 e. The molecular weight excluding hydrogens is 146 g/mol. The van der Waals surface area contributed by atoms with Gasteiger partial charge in [0.1, 0.15) is 0 Å². The zero-order valence-corrected chi connectivity index (χ0v) is 8.90. The molecule has 0 aliphatic carbocycles. The summed E-state index contributed by atoms with van der Waals surface area (Å²) in [5.41, 5.74) is 0.693. The number of hydrogen-bond acceptors (Lipinski definition) is 1. The van der Waals surface area contributed by atoms with Crippen molar-refractivity contribution in [2.24, 2.45) is 5.41 Å². The minimum absolute atomic E-state index is 0.693. The first kappa shape index (κ1) is 10.0. The molecule has 1 saturated heterocycles. The van der Waals surface area contributed by atoms with Crippen molar-refractivity contribution in [3.63, 3.8) is 0 Å². The van der Waals surface area contributed by atoms with Crippen molar-refractivity contribution in [1.82, 2.24) is 4.90 Å². The van der Waals surface area contributed by atoms with Gasteiger partial charge in [-0.25, -0.2) is 0 Å². The Labute approximate surface area is 77.1 Å². The monoisotopic (exact) mass is 169 g/mol. The van der Waals surface area contributed by atoms with Crippen LogP contribution in [0.5, 0.6) is 0 Å². The molecule has 1 nitrogen and oxygen atoms in total. The normalized spacial score (nSPS) is 23.2. The highest BCUT2D eigenvalue weighted by Crippen LogP contribution is 2.38. The van der Waals surface area contributed by atoms with Crippen LogP contribution >= 0.6 is 0 Å². The van der Waals surface area contributed by atoms with Crippen LogP contribution in [0.1, 0.15) is 46.0 Å². The summed E-state index contributed by atoms with van der Waals surface area (Å²) in [5, 5.41) is 0. The van der Waals surface area contributed by atoms with Crippen LogP contribution in [0.15, 0.2) is 0 Å². The number of hydrogen-bond donors (Lipinski definition) is 0. The lowest BCUT2D eigenvalue weighted by Gasteiger charge is -2.28. The van der Waals surface area contributed by atoms with Crippen molar-refractivity contribution in [2.75, 3.05) is 20.1 Å². The number of nitrogens with zero attached hydrogens (tertiary/aromatic N) is 1. The maximum atomic E-state index is 2.49. The van der Waals surface area contributed by atoms with Gasteiger partial charge in [-0.15, -0.1) is 0 Å². The Balaban J connectivity index is 2.48. The van der Waals surface area contributed by atoms with Crippen LogP contribution in [-0.2, 0) is 0 Å². The molecule has 0 N–H and O–H groups in total. The minimum atomic E-state index is 0.693. The standard InChI is InChI=1S/C11H23N/c1-4-6-11(7-5-2)8-9-12(3)10-11/h4-10H2,1-3H3. The number of likely N-dealkylation sites (tertiary alicyclic amines) is 1. The SMILES string of the molecule is CCCC1(CCC)CCN(C)C1. The lowest BCUT2D eigenvalue weighted by molar-refractivity contribution is 0.236. The van der Waals surface area contributed by atoms with Crippen molar-refractivity contribution in [3.8, 4) is 0 Å². The Morgan fingerprint density at radius 2 is 1.75 bits per heavy atom. The molecule has 0 aromatic rings. The van der Waals surface area contributed by atoms with Crippen LogP contribution < -0.4 is 0 Å². The maximum Gasteiger partial charge on any atom is 0.00354 e. The summed E-state index contributed by atoms with van der Waals surface area (Å²) in [6, 6.07) is 0. The summed E-state index contributed by atoms with van der Waals surface area (Å²) in [6.45, 7) is 7.29. The molecule has 0 atom stereocenters. The highest BCUT2D eigenvalue weighted by atomic mass is 15.1. The highest BCUT2D eigenvalue weighted by Gasteiger charge is 2.34. The molecule has 0 unspecified atom stereocenters. The van der Waals surface area contributed by atoms with Gasteiger partial charge < -0.3 is 4.90 Å². The zero-order chi connectivity index (χ0) is 9.03. The van der Waals surface area contributed by atoms with E-state index in [1.807, 2.05) is 0 Å². The summed E-state index contributed by atoms with van der Waals surface area (Å²) in [4.78, 5) is 2.49. The molecule has 1 fully saturated rings. The van der Waals surface area contributed by atoms with Crippen LogP contribution in [0, 0.1) is 5.41 Å². The van der Waals surface area contributed by atoms with E-state index in [-0.39, 0.29) is 0 Å². The first-order chi connectivity index (χ1) is 5.72. The van der Waals surface area contributed by atoms with Gasteiger partial charge in [0.05, 0.1) is 0 Å². The minimum Gasteiger partial charge on any atom is -0.306 e. The Bertz CT molecular complexity index is 119. The quantitative estimate of drug-likeness (QED) is 0.625. The third-order valence-corrected chi connectivity index (χ3v) is 3.19. The molecular formula is C11H23N. The van der Waals surface area contributed by atoms with Crippen LogP contribution in [0.4, 0.5) is 0 Å². The predicted octanol–water partition coefficient (Wildman–Crippen LogP) is 2.91. The fourth-order valence-corrected chi connectivity index (χ4v) is 2.75. The van der Waals surface area contributed by atoms with E-state index < -0.39 is 0 Å². The van der Waals surface area contributed by atoms with E-state index in [1.165, 1.54) is 45.2 Å². The van der Waals surface area contributed by atoms with Crippen molar-refractivity contribution >= 4 is 0 Å². The molecule has 0 aromatic heterocycles. The van der Waals surface area contributed by atoms with Gasteiger partial charge in [-0.3, -0.25) is 0 Å². The van der Waals surface area contributed by atoms with Gasteiger partial charge in [-0.1, -0.05) is 26.7 Å². The summed E-state index contributed by atoms with van der Waals surface area (Å²) in [5.74, 6) is 0. The van der Waals surface area contributed by atoms with Crippen LogP contribution in [0.25, 0.3) is 0 Å². The van der Waals surface area contributed by atoms with E-state index in [0.717, 1.165) is 0 Å². The molecule has 1 rings (SSSR count). The van der Waals surface area contributed by atoms with Crippen LogP contribution in [0.3, 0.4) is 0 Å². The molecule has 12 heavy (non-hydrogen) atoms. The third-order valence-electron chi connectivity index (χ3n) is 3.19. The molecule has 0 radical (unpaired) electrons. The van der Waals surface area contributed by atoms with Gasteiger partial charge in [0.2, 0.25) is 0 Å². The Morgan fingerprint density at radius 3 is 2.08 bits per heavy atom. The average molecular weight is 169 g/mol. The van der Waals surface area contributed by atoms with E-state index in [4.69, 9.17) is 0 Å². The zero-order valence-electron chi connectivity index (χ0n) is 8.90. The number of rotatable bonds is 4. The lowest BCUT2D eigenvalue weighted by Crippen LogP contribution is -2.24. The first-order valence-corrected chi connectivity index (χ1v) is 5.41. The molecule has 0 saturated carbocycles. The van der Waals surface area contributed by atoms with E-state index >= 15 is 0 Å². The smallest absolute Gasteiger partial charge is 0.00354 e. The summed E-state index contributed by atoms with van der Waals surface area (Å²) in [7, 11) is 2.26.